The first kappa shape index (κ1) is 26.3. The van der Waals surface area contributed by atoms with Gasteiger partial charge in [-0.2, -0.15) is 0 Å². The van der Waals surface area contributed by atoms with Crippen molar-refractivity contribution in [2.24, 2.45) is 16.5 Å². The van der Waals surface area contributed by atoms with E-state index in [4.69, 9.17) is 16.2 Å². The number of methoxy groups -OCH3 is 1. The van der Waals surface area contributed by atoms with Gasteiger partial charge >= 0.3 is 0 Å². The molecule has 0 aliphatic heterocycles. The third-order valence-electron chi connectivity index (χ3n) is 6.70. The number of nitrogens with zero attached hydrogens (tertiary/aromatic N) is 5. The molecule has 2 aliphatic carbocycles. The number of para-hydroxylation sites is 1. The summed E-state index contributed by atoms with van der Waals surface area (Å²) in [5.74, 6) is 0.428. The lowest BCUT2D eigenvalue weighted by Crippen LogP contribution is -2.17. The minimum absolute atomic E-state index is 0.0640. The normalized spacial score (nSPS) is 16.1. The second kappa shape index (κ2) is 10.8. The molecule has 2 heterocycles. The molecule has 2 saturated carbocycles. The Bertz CT molecular complexity index is 1490. The molecule has 1 amide bonds. The molecule has 0 unspecified atom stereocenters. The van der Waals surface area contributed by atoms with Gasteiger partial charge in [-0.25, -0.2) is 4.98 Å². The van der Waals surface area contributed by atoms with Gasteiger partial charge in [0.2, 0.25) is 0 Å². The van der Waals surface area contributed by atoms with Gasteiger partial charge in [-0.3, -0.25) is 14.8 Å². The Morgan fingerprint density at radius 3 is 2.41 bits per heavy atom. The number of nitrogens with one attached hydrogen (secondary N) is 2. The zero-order chi connectivity index (χ0) is 27.6. The molecule has 0 atom stereocenters. The number of primary amides is 1. The summed E-state index contributed by atoms with van der Waals surface area (Å²) in [6.07, 6.45) is 10.2. The van der Waals surface area contributed by atoms with Gasteiger partial charge in [0.05, 0.1) is 30.1 Å². The van der Waals surface area contributed by atoms with Gasteiger partial charge in [-0.15, -0.1) is 10.2 Å². The maximum atomic E-state index is 14.0. The Balaban J connectivity index is 1.48. The number of allylic oxidation sites excluding steroid dienone is 1. The molecular formula is C26H30N9O3P. The number of amides is 1. The van der Waals surface area contributed by atoms with Crippen LogP contribution in [0.4, 0.5) is 23.0 Å². The molecule has 2 aromatic heterocycles. The number of hydrogen-bond acceptors (Lipinski definition) is 11. The van der Waals surface area contributed by atoms with Crippen LogP contribution < -0.4 is 26.8 Å². The third kappa shape index (κ3) is 5.46. The molecule has 1 aromatic carbocycles. The zero-order valence-corrected chi connectivity index (χ0v) is 22.6. The van der Waals surface area contributed by atoms with Crippen LogP contribution in [0.15, 0.2) is 53.9 Å². The molecule has 0 saturated heterocycles. The van der Waals surface area contributed by atoms with Crippen molar-refractivity contribution in [2.75, 3.05) is 24.8 Å². The maximum absolute atomic E-state index is 14.0. The number of ether oxygens (including phenoxy) is 1. The Labute approximate surface area is 225 Å². The van der Waals surface area contributed by atoms with E-state index in [-0.39, 0.29) is 17.0 Å². The highest BCUT2D eigenvalue weighted by Crippen LogP contribution is 2.71. The standard InChI is InChI=1S/C26H30N9O3P/c1-29-23(39(37,15-6-7-15)16-8-9-16)12-18(27)17-4-3-5-19(25(17)38-2)32-20-13-21(34-35-24(20)26(28)36)33-22-14-30-10-11-31-22/h3-5,10-16H,6-9,27H2,1-2H3,(H2,28,36)(H2,31,32,33,34)/b18-12-,29-23?. The average Bonchev–Trinajstić information content (AvgIpc) is 3.84. The molecule has 6 N–H and O–H groups in total. The second-order valence-corrected chi connectivity index (χ2v) is 12.8. The molecule has 0 spiro atoms. The van der Waals surface area contributed by atoms with Crippen LogP contribution in [0.25, 0.3) is 5.70 Å². The quantitative estimate of drug-likeness (QED) is 0.203. The predicted molar refractivity (Wildman–Crippen MR) is 151 cm³/mol. The van der Waals surface area contributed by atoms with E-state index < -0.39 is 13.0 Å². The van der Waals surface area contributed by atoms with Crippen LogP contribution in [0, 0.1) is 0 Å². The molecule has 39 heavy (non-hydrogen) atoms. The largest absolute Gasteiger partial charge is 0.494 e. The van der Waals surface area contributed by atoms with E-state index in [2.05, 4.69) is 35.8 Å². The first-order valence-electron chi connectivity index (χ1n) is 12.5. The topological polar surface area (TPSA) is 183 Å². The Kier molecular flexibility index (Phi) is 7.30. The van der Waals surface area contributed by atoms with E-state index >= 15 is 0 Å². The molecule has 202 valence electrons. The summed E-state index contributed by atoms with van der Waals surface area (Å²) in [5, 5.41) is 14.2. The molecule has 12 nitrogen and oxygen atoms in total. The summed E-state index contributed by atoms with van der Waals surface area (Å²) in [6, 6.07) is 6.95. The number of rotatable bonds is 11. The van der Waals surface area contributed by atoms with Crippen LogP contribution in [0.5, 0.6) is 5.75 Å². The van der Waals surface area contributed by atoms with Crippen molar-refractivity contribution in [3.63, 3.8) is 0 Å². The van der Waals surface area contributed by atoms with Gasteiger partial charge in [0, 0.05) is 48.1 Å². The van der Waals surface area contributed by atoms with Gasteiger partial charge in [-0.05, 0) is 43.9 Å². The molecule has 5 rings (SSSR count). The number of carbonyl (C=O) groups excluding carboxylic acids is 1. The Hall–Kier alpha value is -4.31. The van der Waals surface area contributed by atoms with Crippen molar-refractivity contribution in [2.45, 2.75) is 37.0 Å². The van der Waals surface area contributed by atoms with Crippen molar-refractivity contribution < 1.29 is 14.1 Å². The lowest BCUT2D eigenvalue weighted by Gasteiger charge is -2.19. The molecular weight excluding hydrogens is 517 g/mol. The summed E-state index contributed by atoms with van der Waals surface area (Å²) in [4.78, 5) is 24.7. The minimum Gasteiger partial charge on any atom is -0.494 e. The molecule has 2 aliphatic rings. The summed E-state index contributed by atoms with van der Waals surface area (Å²) >= 11 is 0. The first-order chi connectivity index (χ1) is 18.8. The van der Waals surface area contributed by atoms with E-state index in [0.29, 0.717) is 45.5 Å². The van der Waals surface area contributed by atoms with Crippen molar-refractivity contribution >= 4 is 47.2 Å². The van der Waals surface area contributed by atoms with Crippen LogP contribution in [0.1, 0.15) is 41.7 Å². The minimum atomic E-state index is -2.61. The highest BCUT2D eigenvalue weighted by molar-refractivity contribution is 7.83. The number of aromatic nitrogens is 4. The first-order valence-corrected chi connectivity index (χ1v) is 14.4. The number of benzene rings is 1. The van der Waals surface area contributed by atoms with Crippen molar-refractivity contribution in [3.8, 4) is 5.75 Å². The van der Waals surface area contributed by atoms with Crippen LogP contribution in [0.2, 0.25) is 0 Å². The number of hydrogen-bond donors (Lipinski definition) is 4. The van der Waals surface area contributed by atoms with Crippen LogP contribution >= 0.6 is 7.14 Å². The van der Waals surface area contributed by atoms with Crippen molar-refractivity contribution in [3.05, 3.63) is 60.2 Å². The fraction of sp³-hybridized carbons (Fsp3) is 0.308. The van der Waals surface area contributed by atoms with Crippen LogP contribution in [-0.4, -0.2) is 57.0 Å². The highest BCUT2D eigenvalue weighted by Gasteiger charge is 2.53. The van der Waals surface area contributed by atoms with Crippen LogP contribution in [0.3, 0.4) is 0 Å². The van der Waals surface area contributed by atoms with Crippen LogP contribution in [-0.2, 0) is 4.57 Å². The summed E-state index contributed by atoms with van der Waals surface area (Å²) in [7, 11) is 0.573. The van der Waals surface area contributed by atoms with Gasteiger partial charge in [0.15, 0.2) is 17.3 Å². The number of anilines is 4. The smallest absolute Gasteiger partial charge is 0.271 e. The van der Waals surface area contributed by atoms with Crippen molar-refractivity contribution in [1.29, 1.82) is 0 Å². The monoisotopic (exact) mass is 547 g/mol. The fourth-order valence-corrected chi connectivity index (χ4v) is 8.41. The lowest BCUT2D eigenvalue weighted by atomic mass is 10.1. The average molecular weight is 548 g/mol. The van der Waals surface area contributed by atoms with Gasteiger partial charge < -0.3 is 31.4 Å². The Morgan fingerprint density at radius 2 is 1.82 bits per heavy atom. The fourth-order valence-electron chi connectivity index (χ4n) is 4.58. The van der Waals surface area contributed by atoms with E-state index in [1.807, 2.05) is 6.07 Å². The predicted octanol–water partition coefficient (Wildman–Crippen LogP) is 3.88. The number of nitrogens with two attached hydrogens (primary N) is 2. The van der Waals surface area contributed by atoms with E-state index in [0.717, 1.165) is 25.7 Å². The summed E-state index contributed by atoms with van der Waals surface area (Å²) in [6.45, 7) is 0. The number of carbonyl (C=O) groups is 1. The third-order valence-corrected chi connectivity index (χ3v) is 10.9. The molecule has 0 bridgehead atoms. The molecule has 2 fully saturated rings. The summed E-state index contributed by atoms with van der Waals surface area (Å²) in [5.41, 5.74) is 14.8. The van der Waals surface area contributed by atoms with E-state index in [1.54, 1.807) is 37.5 Å². The van der Waals surface area contributed by atoms with E-state index in [1.165, 1.54) is 19.5 Å². The number of aliphatic imine (C=N–C) groups is 1. The van der Waals surface area contributed by atoms with Gasteiger partial charge in [0.25, 0.3) is 5.91 Å². The lowest BCUT2D eigenvalue weighted by molar-refractivity contribution is 0.0995. The molecule has 3 aromatic rings. The van der Waals surface area contributed by atoms with Gasteiger partial charge in [-0.1, -0.05) is 6.07 Å². The SMILES string of the molecule is CN=C(/C=C(\N)c1cccc(Nc2cc(Nc3cnccn3)nnc2C(N)=O)c1OC)P(=O)(C1CC1)C1CC1. The Morgan fingerprint density at radius 1 is 1.08 bits per heavy atom. The molecule has 0 radical (unpaired) electrons. The highest BCUT2D eigenvalue weighted by atomic mass is 31.2. The van der Waals surface area contributed by atoms with Gasteiger partial charge in [0.1, 0.15) is 13.0 Å². The second-order valence-electron chi connectivity index (χ2n) is 9.44. The summed E-state index contributed by atoms with van der Waals surface area (Å²) < 4.78 is 19.8. The maximum Gasteiger partial charge on any atom is 0.271 e. The van der Waals surface area contributed by atoms with Crippen molar-refractivity contribution in [1.82, 2.24) is 20.2 Å². The zero-order valence-electron chi connectivity index (χ0n) is 21.7. The van der Waals surface area contributed by atoms with E-state index in [9.17, 15) is 9.36 Å². The molecule has 13 heteroatoms.